The minimum absolute atomic E-state index is 0.887. The molecule has 0 unspecified atom stereocenters. The van der Waals surface area contributed by atoms with Gasteiger partial charge in [0, 0.05) is 0 Å². The molecule has 0 aliphatic rings. The van der Waals surface area contributed by atoms with Gasteiger partial charge in [-0.2, -0.15) is 0 Å². The van der Waals surface area contributed by atoms with Crippen molar-refractivity contribution >= 4 is 11.0 Å². The molecule has 4 heteroatoms. The first-order chi connectivity index (χ1) is 4.88. The summed E-state index contributed by atoms with van der Waals surface area (Å²) in [6, 6.07) is 7.71. The molecular weight excluding hydrogens is 170 g/mol. The van der Waals surface area contributed by atoms with E-state index in [2.05, 4.69) is 26.5 Å². The molecule has 0 fully saturated rings. The van der Waals surface area contributed by atoms with E-state index in [9.17, 15) is 0 Å². The van der Waals surface area contributed by atoms with Crippen molar-refractivity contribution < 1.29 is 16.2 Å². The monoisotopic (exact) mass is 174 g/mol. The Balaban J connectivity index is 2.93. The Morgan fingerprint density at radius 1 is 1.30 bits per heavy atom. The number of nitrogens with zero attached hydrogens (tertiary/aromatic N) is 3. The summed E-state index contributed by atoms with van der Waals surface area (Å²) in [5.41, 5.74) is 1.85. The van der Waals surface area contributed by atoms with Gasteiger partial charge in [0.2, 0.25) is 0 Å². The number of hydrogen-bond donors (Lipinski definition) is 0. The molecule has 0 aliphatic carbocycles. The van der Waals surface area contributed by atoms with Crippen LogP contribution in [0.15, 0.2) is 24.3 Å². The van der Waals surface area contributed by atoms with Crippen LogP contribution in [0.4, 0.5) is 0 Å². The molecule has 0 spiro atoms. The van der Waals surface area contributed by atoms with Gasteiger partial charge in [0.15, 0.2) is 0 Å². The van der Waals surface area contributed by atoms with E-state index < -0.39 is 0 Å². The van der Waals surface area contributed by atoms with Crippen molar-refractivity contribution in [2.75, 3.05) is 0 Å². The molecule has 2 aromatic rings. The van der Waals surface area contributed by atoms with Crippen LogP contribution in [-0.2, 0) is 16.2 Å². The molecule has 0 atom stereocenters. The summed E-state index contributed by atoms with van der Waals surface area (Å²) < 4.78 is 1.51. The zero-order chi connectivity index (χ0) is 6.97. The van der Waals surface area contributed by atoms with E-state index in [0.29, 0.717) is 0 Å². The fourth-order valence-electron chi connectivity index (χ4n) is 0.835. The van der Waals surface area contributed by atoms with E-state index in [0.717, 1.165) is 11.0 Å². The molecule has 10 heavy (non-hydrogen) atoms. The maximum atomic E-state index is 3.87. The molecule has 0 bridgehead atoms. The van der Waals surface area contributed by atoms with Crippen LogP contribution in [0.5, 0.6) is 0 Å². The standard InChI is InChI=1S/C6H4N3.Fe/c1-2-4-6-5(3-1)7-9-8-6;/h1-4H;/q-1;+1. The van der Waals surface area contributed by atoms with Gasteiger partial charge in [0.1, 0.15) is 0 Å². The van der Waals surface area contributed by atoms with E-state index >= 15 is 0 Å². The first-order valence-corrected chi connectivity index (χ1v) is 3.33. The third-order valence-corrected chi connectivity index (χ3v) is 1.67. The topological polar surface area (TPSA) is 30.7 Å². The average Bonchev–Trinajstić information content (AvgIpc) is 2.34. The SMILES string of the molecule is [Fe][n]1nnc2ccccc21. The second-order valence-corrected chi connectivity index (χ2v) is 2.40. The van der Waals surface area contributed by atoms with Gasteiger partial charge in [0.05, 0.1) is 0 Å². The third-order valence-electron chi connectivity index (χ3n) is 1.30. The first-order valence-electron chi connectivity index (χ1n) is 2.83. The van der Waals surface area contributed by atoms with Crippen LogP contribution in [0.2, 0.25) is 0 Å². The summed E-state index contributed by atoms with van der Waals surface area (Å²) in [5.74, 6) is 0. The number of hydrogen-bond acceptors (Lipinski definition) is 2. The number of rotatable bonds is 0. The van der Waals surface area contributed by atoms with E-state index in [-0.39, 0.29) is 0 Å². The van der Waals surface area contributed by atoms with Crippen LogP contribution in [-0.4, -0.2) is 14.0 Å². The van der Waals surface area contributed by atoms with Crippen LogP contribution >= 0.6 is 0 Å². The predicted molar refractivity (Wildman–Crippen MR) is 32.9 cm³/mol. The van der Waals surface area contributed by atoms with Crippen LogP contribution in [0.25, 0.3) is 11.0 Å². The van der Waals surface area contributed by atoms with E-state index in [4.69, 9.17) is 0 Å². The fourth-order valence-corrected chi connectivity index (χ4v) is 1.09. The zero-order valence-corrected chi connectivity index (χ0v) is 6.11. The average molecular weight is 174 g/mol. The molecule has 51 valence electrons. The molecule has 3 nitrogen and oxygen atoms in total. The van der Waals surface area contributed by atoms with E-state index in [1.165, 1.54) is 3.70 Å². The summed E-state index contributed by atoms with van der Waals surface area (Å²) in [6.07, 6.45) is 0. The molecule has 0 amide bonds. The molecule has 0 N–H and O–H groups in total. The second kappa shape index (κ2) is 2.08. The van der Waals surface area contributed by atoms with Crippen molar-refractivity contribution in [3.63, 3.8) is 0 Å². The maximum absolute atomic E-state index is 3.87. The van der Waals surface area contributed by atoms with Crippen LogP contribution in [0.3, 0.4) is 0 Å². The zero-order valence-electron chi connectivity index (χ0n) is 5.00. The fraction of sp³-hybridized carbons (Fsp3) is 0. The Labute approximate surface area is 66.1 Å². The van der Waals surface area contributed by atoms with Gasteiger partial charge in [-0.1, -0.05) is 0 Å². The summed E-state index contributed by atoms with van der Waals surface area (Å²) in [4.78, 5) is 0. The number of aromatic nitrogens is 3. The van der Waals surface area contributed by atoms with Gasteiger partial charge in [-0.15, -0.1) is 0 Å². The Bertz CT molecular complexity index is 355. The second-order valence-electron chi connectivity index (χ2n) is 1.93. The van der Waals surface area contributed by atoms with Gasteiger partial charge in [-0.05, 0) is 0 Å². The predicted octanol–water partition coefficient (Wildman–Crippen LogP) is 0.741. The van der Waals surface area contributed by atoms with Crippen LogP contribution in [0, 0.1) is 0 Å². The van der Waals surface area contributed by atoms with Crippen molar-refractivity contribution in [1.29, 1.82) is 0 Å². The molecule has 0 saturated carbocycles. The van der Waals surface area contributed by atoms with Crippen molar-refractivity contribution in [3.05, 3.63) is 24.3 Å². The Kier molecular flexibility index (Phi) is 1.22. The Morgan fingerprint density at radius 2 is 2.10 bits per heavy atom. The normalized spacial score (nSPS) is 10.5. The van der Waals surface area contributed by atoms with Crippen molar-refractivity contribution in [1.82, 2.24) is 14.0 Å². The van der Waals surface area contributed by atoms with E-state index in [1.54, 1.807) is 0 Å². The van der Waals surface area contributed by atoms with Crippen LogP contribution < -0.4 is 0 Å². The van der Waals surface area contributed by atoms with E-state index in [1.807, 2.05) is 24.3 Å². The van der Waals surface area contributed by atoms with Gasteiger partial charge in [-0.3, -0.25) is 0 Å². The molecule has 1 aromatic carbocycles. The summed E-state index contributed by atoms with van der Waals surface area (Å²) in [5, 5.41) is 7.62. The van der Waals surface area contributed by atoms with Gasteiger partial charge in [0.25, 0.3) is 0 Å². The minimum atomic E-state index is 0.887. The summed E-state index contributed by atoms with van der Waals surface area (Å²) >= 11 is 3.65. The van der Waals surface area contributed by atoms with Crippen LogP contribution in [0.1, 0.15) is 0 Å². The van der Waals surface area contributed by atoms with Gasteiger partial charge >= 0.3 is 65.5 Å². The summed E-state index contributed by atoms with van der Waals surface area (Å²) in [7, 11) is 0. The number of benzene rings is 1. The molecule has 0 radical (unpaired) electrons. The van der Waals surface area contributed by atoms with Crippen molar-refractivity contribution in [3.8, 4) is 0 Å². The molecule has 1 aromatic heterocycles. The molecular formula is C6H4FeN3. The number of fused-ring (bicyclic) bond motifs is 1. The Morgan fingerprint density at radius 3 is 2.90 bits per heavy atom. The summed E-state index contributed by atoms with van der Waals surface area (Å²) in [6.45, 7) is 0. The quantitative estimate of drug-likeness (QED) is 0.551. The van der Waals surface area contributed by atoms with Gasteiger partial charge < -0.3 is 0 Å². The van der Waals surface area contributed by atoms with Gasteiger partial charge in [-0.25, -0.2) is 0 Å². The molecule has 0 aliphatic heterocycles. The first kappa shape index (κ1) is 5.89. The molecule has 0 saturated heterocycles. The molecule has 2 rings (SSSR count). The van der Waals surface area contributed by atoms with Crippen molar-refractivity contribution in [2.45, 2.75) is 0 Å². The third kappa shape index (κ3) is 0.735. The number of para-hydroxylation sites is 1. The van der Waals surface area contributed by atoms with Crippen molar-refractivity contribution in [2.24, 2.45) is 0 Å². The molecule has 1 heterocycles. The Hall–Kier alpha value is -0.861.